The van der Waals surface area contributed by atoms with Crippen LogP contribution >= 0.6 is 0 Å². The Morgan fingerprint density at radius 3 is 2.19 bits per heavy atom. The number of nitrogens with one attached hydrogen (secondary N) is 2. The van der Waals surface area contributed by atoms with Gasteiger partial charge in [0.15, 0.2) is 5.84 Å². The highest BCUT2D eigenvalue weighted by molar-refractivity contribution is 5.97. The molecule has 1 aliphatic heterocycles. The Balaban J connectivity index is 1.56. The van der Waals surface area contributed by atoms with Crippen molar-refractivity contribution in [3.8, 4) is 0 Å². The van der Waals surface area contributed by atoms with Crippen molar-refractivity contribution in [3.05, 3.63) is 107 Å². The molecule has 0 aromatic heterocycles. The summed E-state index contributed by atoms with van der Waals surface area (Å²) < 4.78 is 5.13. The molecule has 0 bridgehead atoms. The van der Waals surface area contributed by atoms with Crippen molar-refractivity contribution < 1.29 is 24.3 Å². The number of amides is 2. The van der Waals surface area contributed by atoms with Crippen LogP contribution in [0.25, 0.3) is 0 Å². The monoisotopic (exact) mass is 571 g/mol. The molecule has 0 saturated carbocycles. The SMILES string of the molecule is CCOC(=O)CN[C@@H](C(=O)N1CCC[C@H]1C(=O)NCc1ccc(/C(N)=N/O)cc1)C(c1ccccc1)c1ccccc1. The Hall–Kier alpha value is -4.70. The zero-order valence-electron chi connectivity index (χ0n) is 23.6. The Bertz CT molecular complexity index is 1330. The molecule has 4 rings (SSSR count). The Labute approximate surface area is 245 Å². The average Bonchev–Trinajstić information content (AvgIpc) is 3.53. The summed E-state index contributed by atoms with van der Waals surface area (Å²) in [6, 6.07) is 24.9. The maximum atomic E-state index is 14.3. The van der Waals surface area contributed by atoms with Crippen LogP contribution in [0, 0.1) is 0 Å². The number of nitrogens with two attached hydrogens (primary N) is 1. The number of rotatable bonds is 12. The summed E-state index contributed by atoms with van der Waals surface area (Å²) in [7, 11) is 0. The lowest BCUT2D eigenvalue weighted by atomic mass is 9.84. The van der Waals surface area contributed by atoms with Crippen molar-refractivity contribution in [1.82, 2.24) is 15.5 Å². The number of amidine groups is 1. The number of hydrogen-bond donors (Lipinski definition) is 4. The lowest BCUT2D eigenvalue weighted by Gasteiger charge is -2.33. The second-order valence-electron chi connectivity index (χ2n) is 10.1. The normalized spacial score (nSPS) is 15.8. The van der Waals surface area contributed by atoms with Gasteiger partial charge in [-0.15, -0.1) is 0 Å². The third kappa shape index (κ3) is 7.52. The summed E-state index contributed by atoms with van der Waals surface area (Å²) in [5.74, 6) is -1.36. The molecule has 0 unspecified atom stereocenters. The topological polar surface area (TPSA) is 146 Å². The van der Waals surface area contributed by atoms with Crippen molar-refractivity contribution in [3.63, 3.8) is 0 Å². The Morgan fingerprint density at radius 2 is 1.62 bits per heavy atom. The molecular weight excluding hydrogens is 534 g/mol. The second-order valence-corrected chi connectivity index (χ2v) is 10.1. The van der Waals surface area contributed by atoms with Gasteiger partial charge in [0.25, 0.3) is 0 Å². The fourth-order valence-corrected chi connectivity index (χ4v) is 5.29. The van der Waals surface area contributed by atoms with Gasteiger partial charge in [0.2, 0.25) is 11.8 Å². The molecule has 1 fully saturated rings. The van der Waals surface area contributed by atoms with E-state index in [9.17, 15) is 14.4 Å². The van der Waals surface area contributed by atoms with Gasteiger partial charge in [0.1, 0.15) is 6.04 Å². The van der Waals surface area contributed by atoms with Crippen molar-refractivity contribution in [2.24, 2.45) is 10.9 Å². The molecule has 0 aliphatic carbocycles. The van der Waals surface area contributed by atoms with Gasteiger partial charge in [-0.2, -0.15) is 0 Å². The molecule has 0 spiro atoms. The van der Waals surface area contributed by atoms with Crippen molar-refractivity contribution in [2.75, 3.05) is 19.7 Å². The predicted molar refractivity (Wildman–Crippen MR) is 159 cm³/mol. The van der Waals surface area contributed by atoms with E-state index < -0.39 is 24.0 Å². The van der Waals surface area contributed by atoms with Gasteiger partial charge in [0, 0.05) is 24.6 Å². The average molecular weight is 572 g/mol. The first-order chi connectivity index (χ1) is 20.4. The van der Waals surface area contributed by atoms with E-state index in [0.29, 0.717) is 24.9 Å². The molecule has 1 heterocycles. The van der Waals surface area contributed by atoms with E-state index in [1.54, 1.807) is 36.1 Å². The van der Waals surface area contributed by atoms with Gasteiger partial charge in [-0.05, 0) is 36.5 Å². The van der Waals surface area contributed by atoms with Gasteiger partial charge in [-0.25, -0.2) is 0 Å². The lowest BCUT2D eigenvalue weighted by Crippen LogP contribution is -2.55. The largest absolute Gasteiger partial charge is 0.465 e. The standard InChI is InChI=1S/C32H37N5O5/c1-2-42-27(38)21-34-29(28(23-10-5-3-6-11-23)24-12-7-4-8-13-24)32(40)37-19-9-14-26(37)31(39)35-20-22-15-17-25(18-16-22)30(33)36-41/h3-8,10-13,15-18,26,28-29,34,41H,2,9,14,19-21H2,1H3,(H2,33,36)(H,35,39)/t26-,29+/m0/s1. The summed E-state index contributed by atoms with van der Waals surface area (Å²) in [6.07, 6.45) is 1.22. The summed E-state index contributed by atoms with van der Waals surface area (Å²) >= 11 is 0. The number of esters is 1. The van der Waals surface area contributed by atoms with Gasteiger partial charge in [0.05, 0.1) is 19.2 Å². The van der Waals surface area contributed by atoms with Crippen LogP contribution in [0.1, 0.15) is 47.9 Å². The lowest BCUT2D eigenvalue weighted by molar-refractivity contribution is -0.143. The van der Waals surface area contributed by atoms with Crippen LogP contribution < -0.4 is 16.4 Å². The first kappa shape index (κ1) is 30.3. The van der Waals surface area contributed by atoms with E-state index in [4.69, 9.17) is 15.7 Å². The van der Waals surface area contributed by atoms with E-state index in [1.807, 2.05) is 60.7 Å². The van der Waals surface area contributed by atoms with E-state index in [2.05, 4.69) is 15.8 Å². The van der Waals surface area contributed by atoms with Gasteiger partial charge >= 0.3 is 5.97 Å². The number of likely N-dealkylation sites (tertiary alicyclic amines) is 1. The molecule has 1 saturated heterocycles. The molecule has 1 aliphatic rings. The smallest absolute Gasteiger partial charge is 0.319 e. The third-order valence-electron chi connectivity index (χ3n) is 7.35. The molecule has 0 radical (unpaired) electrons. The van der Waals surface area contributed by atoms with Crippen molar-refractivity contribution in [2.45, 2.75) is 44.3 Å². The Kier molecular flexibility index (Phi) is 10.7. The number of carbonyl (C=O) groups is 3. The van der Waals surface area contributed by atoms with Gasteiger partial charge < -0.3 is 25.9 Å². The molecular formula is C32H37N5O5. The number of benzene rings is 3. The first-order valence-corrected chi connectivity index (χ1v) is 14.1. The van der Waals surface area contributed by atoms with Crippen LogP contribution in [0.3, 0.4) is 0 Å². The van der Waals surface area contributed by atoms with E-state index in [-0.39, 0.29) is 37.3 Å². The molecule has 220 valence electrons. The number of oxime groups is 1. The summed E-state index contributed by atoms with van der Waals surface area (Å²) in [6.45, 7) is 2.51. The highest BCUT2D eigenvalue weighted by Crippen LogP contribution is 2.31. The van der Waals surface area contributed by atoms with Crippen LogP contribution in [0.5, 0.6) is 0 Å². The zero-order chi connectivity index (χ0) is 29.9. The fourth-order valence-electron chi connectivity index (χ4n) is 5.29. The molecule has 10 heteroatoms. The number of ether oxygens (including phenoxy) is 1. The van der Waals surface area contributed by atoms with Crippen LogP contribution in [0.15, 0.2) is 90.1 Å². The third-order valence-corrected chi connectivity index (χ3v) is 7.35. The quantitative estimate of drug-likeness (QED) is 0.0860. The maximum Gasteiger partial charge on any atom is 0.319 e. The molecule has 2 amide bonds. The van der Waals surface area contributed by atoms with E-state index in [0.717, 1.165) is 16.7 Å². The van der Waals surface area contributed by atoms with Crippen LogP contribution in [-0.2, 0) is 25.7 Å². The molecule has 3 aromatic rings. The van der Waals surface area contributed by atoms with Crippen LogP contribution in [-0.4, -0.2) is 65.5 Å². The maximum absolute atomic E-state index is 14.3. The Morgan fingerprint density at radius 1 is 1.00 bits per heavy atom. The first-order valence-electron chi connectivity index (χ1n) is 14.1. The minimum atomic E-state index is -0.821. The van der Waals surface area contributed by atoms with E-state index in [1.165, 1.54) is 0 Å². The van der Waals surface area contributed by atoms with Crippen LogP contribution in [0.2, 0.25) is 0 Å². The fraction of sp³-hybridized carbons (Fsp3) is 0.312. The minimum absolute atomic E-state index is 0.00104. The zero-order valence-corrected chi connectivity index (χ0v) is 23.6. The molecule has 42 heavy (non-hydrogen) atoms. The highest BCUT2D eigenvalue weighted by Gasteiger charge is 2.40. The number of carbonyl (C=O) groups excluding carboxylic acids is 3. The number of nitrogens with zero attached hydrogens (tertiary/aromatic N) is 2. The highest BCUT2D eigenvalue weighted by atomic mass is 16.5. The number of hydrogen-bond acceptors (Lipinski definition) is 7. The predicted octanol–water partition coefficient (Wildman–Crippen LogP) is 2.74. The molecule has 3 aromatic carbocycles. The molecule has 2 atom stereocenters. The van der Waals surface area contributed by atoms with Crippen LogP contribution in [0.4, 0.5) is 0 Å². The van der Waals surface area contributed by atoms with Crippen molar-refractivity contribution in [1.29, 1.82) is 0 Å². The van der Waals surface area contributed by atoms with Crippen molar-refractivity contribution >= 4 is 23.6 Å². The van der Waals surface area contributed by atoms with Gasteiger partial charge in [-0.1, -0.05) is 90.1 Å². The minimum Gasteiger partial charge on any atom is -0.465 e. The summed E-state index contributed by atoms with van der Waals surface area (Å²) in [5.41, 5.74) is 8.84. The summed E-state index contributed by atoms with van der Waals surface area (Å²) in [5, 5.41) is 18.0. The molecule has 10 nitrogen and oxygen atoms in total. The second kappa shape index (κ2) is 14.8. The molecule has 5 N–H and O–H groups in total. The van der Waals surface area contributed by atoms with E-state index >= 15 is 0 Å². The van der Waals surface area contributed by atoms with Gasteiger partial charge in [-0.3, -0.25) is 19.7 Å². The summed E-state index contributed by atoms with van der Waals surface area (Å²) in [4.78, 5) is 41.7.